The molecule has 8 nitrogen and oxygen atoms in total. The molecule has 2 fully saturated rings. The van der Waals surface area contributed by atoms with E-state index in [2.05, 4.69) is 9.71 Å². The molecule has 1 spiro atoms. The Morgan fingerprint density at radius 3 is 2.70 bits per heavy atom. The lowest BCUT2D eigenvalue weighted by Gasteiger charge is -2.50. The van der Waals surface area contributed by atoms with Crippen molar-refractivity contribution in [3.63, 3.8) is 0 Å². The zero-order chi connectivity index (χ0) is 21.7. The van der Waals surface area contributed by atoms with E-state index in [1.165, 1.54) is 0 Å². The molecule has 30 heavy (non-hydrogen) atoms. The van der Waals surface area contributed by atoms with Gasteiger partial charge in [-0.1, -0.05) is 11.6 Å². The molecule has 0 radical (unpaired) electrons. The number of nitrogens with zero attached hydrogens (tertiary/aromatic N) is 1. The van der Waals surface area contributed by atoms with Crippen LogP contribution in [0.4, 0.5) is 0 Å². The van der Waals surface area contributed by atoms with Crippen molar-refractivity contribution in [2.24, 2.45) is 0 Å². The first kappa shape index (κ1) is 21.6. The van der Waals surface area contributed by atoms with E-state index in [-0.39, 0.29) is 12.5 Å². The second-order valence-electron chi connectivity index (χ2n) is 8.68. The molecule has 1 aromatic heterocycles. The Hall–Kier alpha value is -1.65. The van der Waals surface area contributed by atoms with Gasteiger partial charge in [0.15, 0.2) is 0 Å². The van der Waals surface area contributed by atoms with Gasteiger partial charge in [0.1, 0.15) is 11.3 Å². The maximum Gasteiger partial charge on any atom is 0.270 e. The highest BCUT2D eigenvalue weighted by Gasteiger charge is 2.49. The molecule has 4 rings (SSSR count). The van der Waals surface area contributed by atoms with E-state index >= 15 is 0 Å². The molecule has 2 atom stereocenters. The molecule has 3 heterocycles. The highest BCUT2D eigenvalue weighted by molar-refractivity contribution is 7.88. The Morgan fingerprint density at radius 1 is 1.33 bits per heavy atom. The van der Waals surface area contributed by atoms with Crippen molar-refractivity contribution >= 4 is 38.4 Å². The number of likely N-dealkylation sites (tertiary alicyclic amines) is 1. The molecular weight excluding hydrogens is 430 g/mol. The van der Waals surface area contributed by atoms with Crippen molar-refractivity contribution in [2.45, 2.75) is 43.4 Å². The standard InChI is InChI=1S/C20H26ClN3O5S/c1-19(26)12-29-20(11-17(19)23-30(2,27)28)5-7-24(8-6-20)18(25)16-10-13-9-14(21)3-4-15(13)22-16/h3-4,9-10,17,22-23,26H,5-8,11-12H2,1-2H3/t17-,19-/m0/s1. The molecule has 1 aromatic carbocycles. The van der Waals surface area contributed by atoms with Crippen molar-refractivity contribution in [3.8, 4) is 0 Å². The molecule has 164 valence electrons. The van der Waals surface area contributed by atoms with Crippen LogP contribution in [0.25, 0.3) is 10.9 Å². The number of ether oxygens (including phenoxy) is 1. The number of carbonyl (C=O) groups excluding carboxylic acids is 1. The maximum absolute atomic E-state index is 13.0. The summed E-state index contributed by atoms with van der Waals surface area (Å²) in [5.74, 6) is -0.0919. The highest BCUT2D eigenvalue weighted by atomic mass is 35.5. The number of hydrogen-bond acceptors (Lipinski definition) is 5. The van der Waals surface area contributed by atoms with Crippen molar-refractivity contribution in [2.75, 3.05) is 26.0 Å². The number of aromatic amines is 1. The van der Waals surface area contributed by atoms with Gasteiger partial charge in [0.2, 0.25) is 10.0 Å². The van der Waals surface area contributed by atoms with Crippen molar-refractivity contribution < 1.29 is 23.1 Å². The molecule has 10 heteroatoms. The first-order chi connectivity index (χ1) is 14.0. The van der Waals surface area contributed by atoms with Gasteiger partial charge < -0.3 is 19.7 Å². The molecule has 2 aliphatic rings. The average Bonchev–Trinajstić information content (AvgIpc) is 3.07. The number of halogens is 1. The van der Waals surface area contributed by atoms with E-state index < -0.39 is 27.3 Å². The average molecular weight is 456 g/mol. The van der Waals surface area contributed by atoms with Crippen LogP contribution in [-0.4, -0.2) is 72.5 Å². The summed E-state index contributed by atoms with van der Waals surface area (Å²) < 4.78 is 32.0. The van der Waals surface area contributed by atoms with Crippen LogP contribution < -0.4 is 4.72 Å². The first-order valence-corrected chi connectivity index (χ1v) is 12.1. The fourth-order valence-electron chi connectivity index (χ4n) is 4.33. The number of benzene rings is 1. The van der Waals surface area contributed by atoms with Gasteiger partial charge >= 0.3 is 0 Å². The second kappa shape index (κ2) is 7.49. The van der Waals surface area contributed by atoms with E-state index in [1.807, 2.05) is 12.1 Å². The SMILES string of the molecule is C[C@]1(O)COC2(CCN(C(=O)c3cc4cc(Cl)ccc4[nH]3)CC2)C[C@@H]1NS(C)(=O)=O. The number of sulfonamides is 1. The van der Waals surface area contributed by atoms with Gasteiger partial charge in [-0.15, -0.1) is 0 Å². The smallest absolute Gasteiger partial charge is 0.270 e. The van der Waals surface area contributed by atoms with Crippen LogP contribution in [-0.2, 0) is 14.8 Å². The fourth-order valence-corrected chi connectivity index (χ4v) is 5.37. The zero-order valence-electron chi connectivity index (χ0n) is 16.9. The second-order valence-corrected chi connectivity index (χ2v) is 10.9. The molecule has 3 N–H and O–H groups in total. The first-order valence-electron chi connectivity index (χ1n) is 9.88. The monoisotopic (exact) mass is 455 g/mol. The Balaban J connectivity index is 1.45. The molecule has 2 saturated heterocycles. The third-order valence-electron chi connectivity index (χ3n) is 6.13. The number of hydrogen-bond donors (Lipinski definition) is 3. The summed E-state index contributed by atoms with van der Waals surface area (Å²) in [6.07, 6.45) is 2.59. The van der Waals surface area contributed by atoms with E-state index in [1.54, 1.807) is 24.0 Å². The number of aliphatic hydroxyl groups is 1. The summed E-state index contributed by atoms with van der Waals surface area (Å²) >= 11 is 6.03. The summed E-state index contributed by atoms with van der Waals surface area (Å²) in [5.41, 5.74) is -0.487. The number of amides is 1. The summed E-state index contributed by atoms with van der Waals surface area (Å²) in [7, 11) is -3.47. The zero-order valence-corrected chi connectivity index (χ0v) is 18.5. The Bertz CT molecular complexity index is 1070. The molecule has 0 bridgehead atoms. The molecule has 0 saturated carbocycles. The Morgan fingerprint density at radius 2 is 2.03 bits per heavy atom. The minimum absolute atomic E-state index is 0.0386. The van der Waals surface area contributed by atoms with E-state index in [0.717, 1.165) is 17.2 Å². The maximum atomic E-state index is 13.0. The Labute approximate surface area is 180 Å². The Kier molecular flexibility index (Phi) is 5.39. The topological polar surface area (TPSA) is 112 Å². The number of fused-ring (bicyclic) bond motifs is 1. The molecule has 1 amide bonds. The van der Waals surface area contributed by atoms with Gasteiger partial charge in [-0.3, -0.25) is 4.79 Å². The molecule has 2 aliphatic heterocycles. The number of carbonyl (C=O) groups is 1. The fraction of sp³-hybridized carbons (Fsp3) is 0.550. The van der Waals surface area contributed by atoms with E-state index in [0.29, 0.717) is 43.1 Å². The quantitative estimate of drug-likeness (QED) is 0.654. The van der Waals surface area contributed by atoms with Crippen LogP contribution in [0.2, 0.25) is 5.02 Å². The van der Waals surface area contributed by atoms with Gasteiger partial charge in [-0.2, -0.15) is 0 Å². The minimum atomic E-state index is -3.47. The number of nitrogens with one attached hydrogen (secondary N) is 2. The van der Waals surface area contributed by atoms with E-state index in [4.69, 9.17) is 16.3 Å². The van der Waals surface area contributed by atoms with Crippen LogP contribution in [0, 0.1) is 0 Å². The highest BCUT2D eigenvalue weighted by Crippen LogP contribution is 2.39. The van der Waals surface area contributed by atoms with Gasteiger partial charge in [-0.25, -0.2) is 13.1 Å². The van der Waals surface area contributed by atoms with Gasteiger partial charge in [0.05, 0.1) is 24.5 Å². The largest absolute Gasteiger partial charge is 0.386 e. The summed E-state index contributed by atoms with van der Waals surface area (Å²) in [6.45, 7) is 2.59. The third-order valence-corrected chi connectivity index (χ3v) is 7.08. The number of H-pyrrole nitrogens is 1. The van der Waals surface area contributed by atoms with Crippen molar-refractivity contribution in [1.29, 1.82) is 0 Å². The third kappa shape index (κ3) is 4.36. The van der Waals surface area contributed by atoms with Crippen LogP contribution >= 0.6 is 11.6 Å². The van der Waals surface area contributed by atoms with Crippen LogP contribution in [0.3, 0.4) is 0 Å². The normalized spacial score (nSPS) is 26.9. The van der Waals surface area contributed by atoms with Crippen LogP contribution in [0.1, 0.15) is 36.7 Å². The predicted molar refractivity (Wildman–Crippen MR) is 114 cm³/mol. The van der Waals surface area contributed by atoms with Gasteiger partial charge in [0, 0.05) is 29.0 Å². The van der Waals surface area contributed by atoms with Crippen molar-refractivity contribution in [3.05, 3.63) is 35.0 Å². The summed E-state index contributed by atoms with van der Waals surface area (Å²) in [6, 6.07) is 6.59. The lowest BCUT2D eigenvalue weighted by atomic mass is 9.78. The lowest BCUT2D eigenvalue weighted by molar-refractivity contribution is -0.187. The lowest BCUT2D eigenvalue weighted by Crippen LogP contribution is -2.64. The predicted octanol–water partition coefficient (Wildman–Crippen LogP) is 1.89. The number of rotatable bonds is 3. The molecule has 0 aliphatic carbocycles. The summed E-state index contributed by atoms with van der Waals surface area (Å²) in [5, 5.41) is 12.1. The number of piperidine rings is 1. The minimum Gasteiger partial charge on any atom is -0.386 e. The number of aromatic nitrogens is 1. The molecular formula is C20H26ClN3O5S. The summed E-state index contributed by atoms with van der Waals surface area (Å²) in [4.78, 5) is 17.9. The molecule has 2 aromatic rings. The molecule has 0 unspecified atom stereocenters. The van der Waals surface area contributed by atoms with Gasteiger partial charge in [-0.05, 0) is 50.5 Å². The van der Waals surface area contributed by atoms with E-state index in [9.17, 15) is 18.3 Å². The van der Waals surface area contributed by atoms with Crippen molar-refractivity contribution in [1.82, 2.24) is 14.6 Å². The van der Waals surface area contributed by atoms with Crippen LogP contribution in [0.5, 0.6) is 0 Å². The van der Waals surface area contributed by atoms with Crippen LogP contribution in [0.15, 0.2) is 24.3 Å². The van der Waals surface area contributed by atoms with Gasteiger partial charge in [0.25, 0.3) is 5.91 Å².